The highest BCUT2D eigenvalue weighted by atomic mass is 32.2. The lowest BCUT2D eigenvalue weighted by molar-refractivity contribution is -0.128. The van der Waals surface area contributed by atoms with Crippen molar-refractivity contribution in [3.63, 3.8) is 0 Å². The van der Waals surface area contributed by atoms with E-state index >= 15 is 0 Å². The molecule has 5 nitrogen and oxygen atoms in total. The van der Waals surface area contributed by atoms with Gasteiger partial charge in [0, 0.05) is 14.1 Å². The predicted molar refractivity (Wildman–Crippen MR) is 61.9 cm³/mol. The van der Waals surface area contributed by atoms with Gasteiger partial charge in [-0.05, 0) is 18.3 Å². The number of rotatable bonds is 3. The first kappa shape index (κ1) is 13.4. The molecular formula is C10H20N2O3S. The summed E-state index contributed by atoms with van der Waals surface area (Å²) >= 11 is 0. The summed E-state index contributed by atoms with van der Waals surface area (Å²) in [5.41, 5.74) is -0.727. The molecule has 0 unspecified atom stereocenters. The van der Waals surface area contributed by atoms with Gasteiger partial charge in [0.1, 0.15) is 0 Å². The van der Waals surface area contributed by atoms with Crippen molar-refractivity contribution in [3.05, 3.63) is 0 Å². The number of nitrogens with one attached hydrogen (secondary N) is 1. The molecule has 94 valence electrons. The van der Waals surface area contributed by atoms with E-state index in [2.05, 4.69) is 4.72 Å². The quantitative estimate of drug-likeness (QED) is 0.801. The lowest BCUT2D eigenvalue weighted by Crippen LogP contribution is -2.46. The van der Waals surface area contributed by atoms with E-state index in [-0.39, 0.29) is 11.3 Å². The Balaban J connectivity index is 2.83. The topological polar surface area (TPSA) is 66.5 Å². The molecule has 0 heterocycles. The molecule has 0 atom stereocenters. The summed E-state index contributed by atoms with van der Waals surface area (Å²) in [5, 5.41) is 0. The minimum atomic E-state index is -3.67. The van der Waals surface area contributed by atoms with Gasteiger partial charge in [-0.25, -0.2) is 4.72 Å². The van der Waals surface area contributed by atoms with E-state index < -0.39 is 15.6 Å². The lowest BCUT2D eigenvalue weighted by atomic mass is 9.77. The van der Waals surface area contributed by atoms with Gasteiger partial charge in [-0.3, -0.25) is 4.79 Å². The molecular weight excluding hydrogens is 228 g/mol. The average molecular weight is 248 g/mol. The first-order chi connectivity index (χ1) is 7.03. The number of hydrogen-bond donors (Lipinski definition) is 1. The highest BCUT2D eigenvalue weighted by Crippen LogP contribution is 2.58. The Kier molecular flexibility index (Phi) is 3.11. The van der Waals surface area contributed by atoms with Crippen molar-refractivity contribution >= 4 is 16.1 Å². The van der Waals surface area contributed by atoms with Crippen LogP contribution in [0.15, 0.2) is 0 Å². The molecule has 16 heavy (non-hydrogen) atoms. The van der Waals surface area contributed by atoms with Crippen molar-refractivity contribution in [2.75, 3.05) is 14.1 Å². The molecule has 1 fully saturated rings. The fraction of sp³-hybridized carbons (Fsp3) is 0.900. The minimum absolute atomic E-state index is 0.209. The number of amides is 1. The molecule has 1 rings (SSSR count). The van der Waals surface area contributed by atoms with Crippen molar-refractivity contribution in [1.82, 2.24) is 9.03 Å². The second-order valence-corrected chi connectivity index (χ2v) is 7.44. The van der Waals surface area contributed by atoms with Crippen LogP contribution in [0.4, 0.5) is 0 Å². The standard InChI is InChI=1S/C10H20N2O3S/c1-9(2,3)10(6-7-10)8(13)11-16(14,15)12(4)5/h6-7H2,1-5H3,(H,11,13). The number of nitrogens with zero attached hydrogens (tertiary/aromatic N) is 1. The van der Waals surface area contributed by atoms with Crippen LogP contribution in [0.1, 0.15) is 33.6 Å². The molecule has 0 aromatic rings. The third-order valence-electron chi connectivity index (χ3n) is 3.32. The smallest absolute Gasteiger partial charge is 0.273 e. The zero-order valence-electron chi connectivity index (χ0n) is 10.5. The second kappa shape index (κ2) is 3.70. The number of hydrogen-bond acceptors (Lipinski definition) is 3. The SMILES string of the molecule is CN(C)S(=O)(=O)NC(=O)C1(C(C)(C)C)CC1. The summed E-state index contributed by atoms with van der Waals surface area (Å²) in [6.45, 7) is 5.88. The van der Waals surface area contributed by atoms with Crippen molar-refractivity contribution in [1.29, 1.82) is 0 Å². The Morgan fingerprint density at radius 1 is 1.25 bits per heavy atom. The third-order valence-corrected chi connectivity index (χ3v) is 4.73. The molecule has 0 saturated heterocycles. The highest BCUT2D eigenvalue weighted by Gasteiger charge is 2.58. The van der Waals surface area contributed by atoms with E-state index in [1.165, 1.54) is 14.1 Å². The molecule has 1 amide bonds. The zero-order chi connectivity index (χ0) is 12.8. The van der Waals surface area contributed by atoms with Gasteiger partial charge < -0.3 is 0 Å². The van der Waals surface area contributed by atoms with E-state index in [4.69, 9.17) is 0 Å². The molecule has 1 saturated carbocycles. The van der Waals surface area contributed by atoms with Gasteiger partial charge in [0.25, 0.3) is 0 Å². The summed E-state index contributed by atoms with van der Waals surface area (Å²) < 4.78 is 26.2. The van der Waals surface area contributed by atoms with Crippen LogP contribution >= 0.6 is 0 Å². The van der Waals surface area contributed by atoms with Crippen molar-refractivity contribution in [2.24, 2.45) is 10.8 Å². The van der Waals surface area contributed by atoms with Crippen molar-refractivity contribution < 1.29 is 13.2 Å². The summed E-state index contributed by atoms with van der Waals surface area (Å²) in [7, 11) is -0.877. The Morgan fingerprint density at radius 2 is 1.69 bits per heavy atom. The van der Waals surface area contributed by atoms with Crippen LogP contribution in [0.2, 0.25) is 0 Å². The normalized spacial score (nSPS) is 19.6. The van der Waals surface area contributed by atoms with Crippen LogP contribution in [0.25, 0.3) is 0 Å². The Hall–Kier alpha value is -0.620. The zero-order valence-corrected chi connectivity index (χ0v) is 11.3. The van der Waals surface area contributed by atoms with Crippen LogP contribution in [0.3, 0.4) is 0 Å². The van der Waals surface area contributed by atoms with E-state index in [1.54, 1.807) is 0 Å². The first-order valence-corrected chi connectivity index (χ1v) is 6.72. The Morgan fingerprint density at radius 3 is 1.94 bits per heavy atom. The van der Waals surface area contributed by atoms with E-state index in [1.807, 2.05) is 20.8 Å². The Bertz CT molecular complexity index is 389. The maximum atomic E-state index is 12.0. The Labute approximate surface area is 97.4 Å². The largest absolute Gasteiger partial charge is 0.303 e. The molecule has 6 heteroatoms. The van der Waals surface area contributed by atoms with Gasteiger partial charge in [0.05, 0.1) is 5.41 Å². The van der Waals surface area contributed by atoms with Crippen LogP contribution < -0.4 is 4.72 Å². The number of carbonyl (C=O) groups excluding carboxylic acids is 1. The second-order valence-electron chi connectivity index (χ2n) is 5.55. The summed E-state index contributed by atoms with van der Waals surface area (Å²) in [6, 6.07) is 0. The molecule has 1 aliphatic rings. The van der Waals surface area contributed by atoms with Gasteiger partial charge in [-0.1, -0.05) is 20.8 Å². The molecule has 0 radical (unpaired) electrons. The van der Waals surface area contributed by atoms with Gasteiger partial charge in [0.2, 0.25) is 5.91 Å². The van der Waals surface area contributed by atoms with E-state index in [0.29, 0.717) is 0 Å². The van der Waals surface area contributed by atoms with Crippen LogP contribution in [0.5, 0.6) is 0 Å². The molecule has 0 aromatic carbocycles. The van der Waals surface area contributed by atoms with E-state index in [9.17, 15) is 13.2 Å². The van der Waals surface area contributed by atoms with Gasteiger partial charge in [-0.15, -0.1) is 0 Å². The molecule has 1 aliphatic carbocycles. The first-order valence-electron chi connectivity index (χ1n) is 5.28. The van der Waals surface area contributed by atoms with Crippen LogP contribution in [0, 0.1) is 10.8 Å². The summed E-state index contributed by atoms with van der Waals surface area (Å²) in [4.78, 5) is 12.0. The maximum Gasteiger partial charge on any atom is 0.303 e. The van der Waals surface area contributed by atoms with Gasteiger partial charge in [-0.2, -0.15) is 12.7 Å². The molecule has 0 bridgehead atoms. The fourth-order valence-electron chi connectivity index (χ4n) is 1.75. The predicted octanol–water partition coefficient (Wildman–Crippen LogP) is 0.735. The van der Waals surface area contributed by atoms with Crippen molar-refractivity contribution in [2.45, 2.75) is 33.6 Å². The number of carbonyl (C=O) groups is 1. The van der Waals surface area contributed by atoms with Gasteiger partial charge >= 0.3 is 10.2 Å². The molecule has 0 spiro atoms. The van der Waals surface area contributed by atoms with Gasteiger partial charge in [0.15, 0.2) is 0 Å². The summed E-state index contributed by atoms with van der Waals surface area (Å²) in [5.74, 6) is -0.381. The van der Waals surface area contributed by atoms with Crippen LogP contribution in [-0.2, 0) is 15.0 Å². The molecule has 1 N–H and O–H groups in total. The maximum absolute atomic E-state index is 12.0. The average Bonchev–Trinajstić information content (AvgIpc) is 2.79. The monoisotopic (exact) mass is 248 g/mol. The molecule has 0 aliphatic heterocycles. The van der Waals surface area contributed by atoms with Crippen LogP contribution in [-0.4, -0.2) is 32.7 Å². The fourth-order valence-corrected chi connectivity index (χ4v) is 2.36. The lowest BCUT2D eigenvalue weighted by Gasteiger charge is -2.29. The minimum Gasteiger partial charge on any atom is -0.273 e. The third kappa shape index (κ3) is 2.22. The van der Waals surface area contributed by atoms with E-state index in [0.717, 1.165) is 17.1 Å². The summed E-state index contributed by atoms with van der Waals surface area (Å²) in [6.07, 6.45) is 1.51. The highest BCUT2D eigenvalue weighted by molar-refractivity contribution is 7.87. The van der Waals surface area contributed by atoms with Crippen molar-refractivity contribution in [3.8, 4) is 0 Å². The molecule has 0 aromatic heterocycles.